The van der Waals surface area contributed by atoms with Gasteiger partial charge in [-0.05, 0) is 42.5 Å². The highest BCUT2D eigenvalue weighted by Crippen LogP contribution is 2.27. The number of phenols is 1. The lowest BCUT2D eigenvalue weighted by Gasteiger charge is -2.08. The van der Waals surface area contributed by atoms with Crippen molar-refractivity contribution < 1.29 is 14.6 Å². The van der Waals surface area contributed by atoms with Crippen molar-refractivity contribution in [2.24, 2.45) is 0 Å². The Morgan fingerprint density at radius 1 is 1.27 bits per heavy atom. The van der Waals surface area contributed by atoms with Crippen LogP contribution in [-0.4, -0.2) is 27.7 Å². The third kappa shape index (κ3) is 2.63. The average Bonchev–Trinajstić information content (AvgIpc) is 2.85. The summed E-state index contributed by atoms with van der Waals surface area (Å²) in [4.78, 5) is 16.2. The lowest BCUT2D eigenvalue weighted by Crippen LogP contribution is -2.12. The van der Waals surface area contributed by atoms with Crippen LogP contribution >= 0.6 is 11.6 Å². The first-order chi connectivity index (χ1) is 10.6. The fourth-order valence-corrected chi connectivity index (χ4v) is 2.45. The van der Waals surface area contributed by atoms with Crippen molar-refractivity contribution in [1.29, 1.82) is 0 Å². The second-order valence-electron chi connectivity index (χ2n) is 4.78. The molecule has 0 bridgehead atoms. The van der Waals surface area contributed by atoms with Crippen molar-refractivity contribution in [3.63, 3.8) is 0 Å². The Morgan fingerprint density at radius 2 is 2.00 bits per heavy atom. The minimum atomic E-state index is -0.366. The number of rotatable bonds is 3. The molecule has 0 fully saturated rings. The van der Waals surface area contributed by atoms with Gasteiger partial charge in [0.2, 0.25) is 0 Å². The lowest BCUT2D eigenvalue weighted by atomic mass is 10.2. The van der Waals surface area contributed by atoms with Crippen LogP contribution in [0.4, 0.5) is 0 Å². The predicted molar refractivity (Wildman–Crippen MR) is 83.9 cm³/mol. The number of esters is 1. The summed E-state index contributed by atoms with van der Waals surface area (Å²) in [6.45, 7) is 0.0465. The second-order valence-corrected chi connectivity index (χ2v) is 5.21. The van der Waals surface area contributed by atoms with Crippen molar-refractivity contribution in [2.75, 3.05) is 7.11 Å². The summed E-state index contributed by atoms with van der Waals surface area (Å²) < 4.78 is 6.52. The van der Waals surface area contributed by atoms with Crippen LogP contribution in [0.1, 0.15) is 0 Å². The molecule has 0 spiro atoms. The first-order valence-electron chi connectivity index (χ1n) is 6.60. The van der Waals surface area contributed by atoms with Gasteiger partial charge in [-0.25, -0.2) is 4.98 Å². The Kier molecular flexibility index (Phi) is 3.73. The number of hydrogen-bond donors (Lipinski definition) is 1. The summed E-state index contributed by atoms with van der Waals surface area (Å²) >= 11 is 6.01. The Balaban J connectivity index is 2.20. The molecule has 6 heteroatoms. The number of halogens is 1. The van der Waals surface area contributed by atoms with Crippen molar-refractivity contribution in [2.45, 2.75) is 6.54 Å². The minimum absolute atomic E-state index is 0.0465. The van der Waals surface area contributed by atoms with Crippen LogP contribution in [0.3, 0.4) is 0 Å². The summed E-state index contributed by atoms with van der Waals surface area (Å²) in [7, 11) is 1.35. The summed E-state index contributed by atoms with van der Waals surface area (Å²) in [5.74, 6) is 0.416. The van der Waals surface area contributed by atoms with Gasteiger partial charge in [0.05, 0.1) is 18.1 Å². The highest BCUT2D eigenvalue weighted by molar-refractivity contribution is 6.31. The molecule has 3 aromatic rings. The molecule has 1 aromatic heterocycles. The van der Waals surface area contributed by atoms with Crippen LogP contribution < -0.4 is 0 Å². The van der Waals surface area contributed by atoms with E-state index in [4.69, 9.17) is 16.3 Å². The second kappa shape index (κ2) is 5.69. The van der Waals surface area contributed by atoms with Gasteiger partial charge in [0.1, 0.15) is 18.1 Å². The van der Waals surface area contributed by atoms with E-state index in [1.807, 2.05) is 6.07 Å². The third-order valence-corrected chi connectivity index (χ3v) is 3.59. The number of benzene rings is 2. The first-order valence-corrected chi connectivity index (χ1v) is 6.98. The van der Waals surface area contributed by atoms with Gasteiger partial charge >= 0.3 is 5.97 Å². The van der Waals surface area contributed by atoms with Crippen molar-refractivity contribution in [3.05, 3.63) is 47.5 Å². The number of imidazole rings is 1. The average molecular weight is 317 g/mol. The van der Waals surface area contributed by atoms with E-state index in [1.165, 1.54) is 7.11 Å². The van der Waals surface area contributed by atoms with E-state index in [9.17, 15) is 9.90 Å². The Hall–Kier alpha value is -2.53. The van der Waals surface area contributed by atoms with Gasteiger partial charge in [-0.15, -0.1) is 0 Å². The number of nitrogens with zero attached hydrogens (tertiary/aromatic N) is 2. The van der Waals surface area contributed by atoms with Gasteiger partial charge < -0.3 is 14.4 Å². The standard InChI is InChI=1S/C16H13ClN2O3/c1-22-15(21)9-19-14-7-4-11(17)8-13(14)18-16(19)10-2-5-12(20)6-3-10/h2-8,20H,9H2,1H3. The molecule has 112 valence electrons. The minimum Gasteiger partial charge on any atom is -0.508 e. The maximum Gasteiger partial charge on any atom is 0.325 e. The molecule has 0 radical (unpaired) electrons. The van der Waals surface area contributed by atoms with Crippen LogP contribution in [0.15, 0.2) is 42.5 Å². The van der Waals surface area contributed by atoms with E-state index in [0.29, 0.717) is 16.4 Å². The zero-order chi connectivity index (χ0) is 15.7. The maximum atomic E-state index is 11.7. The van der Waals surface area contributed by atoms with Crippen LogP contribution in [0.25, 0.3) is 22.4 Å². The number of phenolic OH excluding ortho intramolecular Hbond substituents is 1. The predicted octanol–water partition coefficient (Wildman–Crippen LogP) is 3.24. The third-order valence-electron chi connectivity index (χ3n) is 3.35. The topological polar surface area (TPSA) is 64.3 Å². The SMILES string of the molecule is COC(=O)Cn1c(-c2ccc(O)cc2)nc2cc(Cl)ccc21. The zero-order valence-electron chi connectivity index (χ0n) is 11.8. The highest BCUT2D eigenvalue weighted by atomic mass is 35.5. The summed E-state index contributed by atoms with van der Waals surface area (Å²) in [6, 6.07) is 11.9. The molecule has 1 heterocycles. The van der Waals surface area contributed by atoms with Gasteiger partial charge in [-0.3, -0.25) is 4.79 Å². The number of hydrogen-bond acceptors (Lipinski definition) is 4. The highest BCUT2D eigenvalue weighted by Gasteiger charge is 2.15. The van der Waals surface area contributed by atoms with E-state index >= 15 is 0 Å². The van der Waals surface area contributed by atoms with Crippen molar-refractivity contribution in [3.8, 4) is 17.1 Å². The molecule has 2 aromatic carbocycles. The molecule has 0 saturated carbocycles. The number of carbonyl (C=O) groups is 1. The molecule has 3 rings (SSSR count). The van der Waals surface area contributed by atoms with E-state index in [-0.39, 0.29) is 18.3 Å². The molecule has 0 aliphatic rings. The molecule has 1 N–H and O–H groups in total. The number of ether oxygens (including phenoxy) is 1. The number of methoxy groups -OCH3 is 1. The number of fused-ring (bicyclic) bond motifs is 1. The van der Waals surface area contributed by atoms with Crippen LogP contribution in [0.5, 0.6) is 5.75 Å². The number of aromatic nitrogens is 2. The molecular formula is C16H13ClN2O3. The summed E-state index contributed by atoms with van der Waals surface area (Å²) in [5.41, 5.74) is 2.27. The van der Waals surface area contributed by atoms with E-state index in [1.54, 1.807) is 41.0 Å². The molecule has 0 saturated heterocycles. The molecule has 22 heavy (non-hydrogen) atoms. The Morgan fingerprint density at radius 3 is 2.68 bits per heavy atom. The molecule has 0 unspecified atom stereocenters. The molecule has 5 nitrogen and oxygen atoms in total. The molecule has 0 aliphatic heterocycles. The summed E-state index contributed by atoms with van der Waals surface area (Å²) in [6.07, 6.45) is 0. The van der Waals surface area contributed by atoms with E-state index < -0.39 is 0 Å². The monoisotopic (exact) mass is 316 g/mol. The smallest absolute Gasteiger partial charge is 0.325 e. The molecule has 0 amide bonds. The van der Waals surface area contributed by atoms with Gasteiger partial charge in [0.25, 0.3) is 0 Å². The zero-order valence-corrected chi connectivity index (χ0v) is 12.5. The van der Waals surface area contributed by atoms with Crippen LogP contribution in [0.2, 0.25) is 5.02 Å². The van der Waals surface area contributed by atoms with Crippen LogP contribution in [-0.2, 0) is 16.1 Å². The van der Waals surface area contributed by atoms with Gasteiger partial charge in [-0.1, -0.05) is 11.6 Å². The lowest BCUT2D eigenvalue weighted by molar-refractivity contribution is -0.141. The van der Waals surface area contributed by atoms with Gasteiger partial charge in [0, 0.05) is 10.6 Å². The fraction of sp³-hybridized carbons (Fsp3) is 0.125. The fourth-order valence-electron chi connectivity index (χ4n) is 2.29. The Bertz CT molecular complexity index is 840. The van der Waals surface area contributed by atoms with Crippen LogP contribution in [0, 0.1) is 0 Å². The number of aromatic hydroxyl groups is 1. The van der Waals surface area contributed by atoms with E-state index in [2.05, 4.69) is 4.98 Å². The summed E-state index contributed by atoms with van der Waals surface area (Å²) in [5, 5.41) is 9.99. The van der Waals surface area contributed by atoms with Gasteiger partial charge in [0.15, 0.2) is 0 Å². The van der Waals surface area contributed by atoms with Gasteiger partial charge in [-0.2, -0.15) is 0 Å². The molecule has 0 atom stereocenters. The Labute approximate surface area is 131 Å². The number of carbonyl (C=O) groups excluding carboxylic acids is 1. The molecule has 0 aliphatic carbocycles. The maximum absolute atomic E-state index is 11.7. The molecular weight excluding hydrogens is 304 g/mol. The van der Waals surface area contributed by atoms with Crippen molar-refractivity contribution >= 4 is 28.6 Å². The first kappa shape index (κ1) is 14.4. The quantitative estimate of drug-likeness (QED) is 0.753. The normalized spacial score (nSPS) is 10.8. The van der Waals surface area contributed by atoms with E-state index in [0.717, 1.165) is 11.1 Å². The largest absolute Gasteiger partial charge is 0.508 e. The van der Waals surface area contributed by atoms with Crippen molar-refractivity contribution in [1.82, 2.24) is 9.55 Å².